The third kappa shape index (κ3) is 5.06. The zero-order valence-electron chi connectivity index (χ0n) is 17.8. The van der Waals surface area contributed by atoms with Crippen molar-refractivity contribution >= 4 is 5.91 Å². The van der Waals surface area contributed by atoms with Crippen molar-refractivity contribution in [3.63, 3.8) is 0 Å². The number of rotatable bonds is 6. The van der Waals surface area contributed by atoms with Crippen molar-refractivity contribution in [3.8, 4) is 0 Å². The molecule has 6 heteroatoms. The van der Waals surface area contributed by atoms with Gasteiger partial charge >= 0.3 is 0 Å². The van der Waals surface area contributed by atoms with Crippen LogP contribution in [0.4, 0.5) is 0 Å². The van der Waals surface area contributed by atoms with E-state index in [1.807, 2.05) is 10.7 Å². The number of hydrogen-bond donors (Lipinski definition) is 1. The van der Waals surface area contributed by atoms with E-state index >= 15 is 0 Å². The van der Waals surface area contributed by atoms with Crippen LogP contribution >= 0.6 is 0 Å². The van der Waals surface area contributed by atoms with Gasteiger partial charge in [-0.25, -0.2) is 0 Å². The Bertz CT molecular complexity index is 841. The predicted octanol–water partition coefficient (Wildman–Crippen LogP) is 3.28. The Morgan fingerprint density at radius 3 is 2.41 bits per heavy atom. The van der Waals surface area contributed by atoms with Crippen LogP contribution in [0.15, 0.2) is 30.3 Å². The van der Waals surface area contributed by atoms with E-state index in [0.29, 0.717) is 18.2 Å². The van der Waals surface area contributed by atoms with Gasteiger partial charge in [-0.05, 0) is 50.8 Å². The minimum absolute atomic E-state index is 0.104. The lowest BCUT2D eigenvalue weighted by atomic mass is 10.1. The molecule has 29 heavy (non-hydrogen) atoms. The molecule has 1 aromatic carbocycles. The fourth-order valence-electron chi connectivity index (χ4n) is 3.77. The van der Waals surface area contributed by atoms with Gasteiger partial charge in [0.25, 0.3) is 5.91 Å². The Hall–Kier alpha value is -2.18. The maximum absolute atomic E-state index is 12.7. The van der Waals surface area contributed by atoms with Crippen molar-refractivity contribution in [2.75, 3.05) is 26.3 Å². The van der Waals surface area contributed by atoms with Crippen LogP contribution in [0, 0.1) is 0 Å². The molecule has 1 saturated heterocycles. The third-order valence-corrected chi connectivity index (χ3v) is 5.59. The molecule has 0 unspecified atom stereocenters. The molecule has 6 nitrogen and oxygen atoms in total. The first-order valence-corrected chi connectivity index (χ1v) is 10.7. The van der Waals surface area contributed by atoms with Crippen molar-refractivity contribution in [3.05, 3.63) is 52.8 Å². The minimum Gasteiger partial charge on any atom is -0.379 e. The maximum Gasteiger partial charge on any atom is 0.272 e. The topological polar surface area (TPSA) is 59.4 Å². The minimum atomic E-state index is -0.118. The van der Waals surface area contributed by atoms with Crippen molar-refractivity contribution in [1.29, 1.82) is 0 Å². The number of ether oxygens (including phenoxy) is 1. The number of aromatic nitrogens is 2. The van der Waals surface area contributed by atoms with Crippen molar-refractivity contribution in [2.24, 2.45) is 0 Å². The van der Waals surface area contributed by atoms with E-state index in [1.54, 1.807) is 0 Å². The van der Waals surface area contributed by atoms with Crippen LogP contribution in [0.25, 0.3) is 0 Å². The fourth-order valence-corrected chi connectivity index (χ4v) is 3.77. The van der Waals surface area contributed by atoms with E-state index in [0.717, 1.165) is 38.4 Å². The molecule has 0 radical (unpaired) electrons. The summed E-state index contributed by atoms with van der Waals surface area (Å²) >= 11 is 0. The lowest BCUT2D eigenvalue weighted by Gasteiger charge is -2.26. The molecule has 156 valence electrons. The van der Waals surface area contributed by atoms with Gasteiger partial charge in [-0.1, -0.05) is 24.3 Å². The van der Waals surface area contributed by atoms with Gasteiger partial charge in [0.05, 0.1) is 18.8 Å². The molecule has 4 rings (SSSR count). The second-order valence-electron chi connectivity index (χ2n) is 9.20. The zero-order chi connectivity index (χ0) is 20.4. The van der Waals surface area contributed by atoms with Crippen LogP contribution in [0.5, 0.6) is 0 Å². The van der Waals surface area contributed by atoms with Crippen LogP contribution in [-0.4, -0.2) is 46.9 Å². The number of hydrogen-bond acceptors (Lipinski definition) is 4. The fraction of sp³-hybridized carbons (Fsp3) is 0.565. The molecule has 1 aromatic heterocycles. The van der Waals surface area contributed by atoms with Gasteiger partial charge in [0.2, 0.25) is 0 Å². The van der Waals surface area contributed by atoms with Crippen LogP contribution in [0.1, 0.15) is 66.8 Å². The molecule has 1 N–H and O–H groups in total. The molecular formula is C23H32N4O2. The summed E-state index contributed by atoms with van der Waals surface area (Å²) in [5.74, 6) is 0.453. The van der Waals surface area contributed by atoms with Crippen LogP contribution in [-0.2, 0) is 23.4 Å². The highest BCUT2D eigenvalue weighted by atomic mass is 16.5. The van der Waals surface area contributed by atoms with Crippen LogP contribution in [0.3, 0.4) is 0 Å². The summed E-state index contributed by atoms with van der Waals surface area (Å²) in [5.41, 5.74) is 3.98. The second-order valence-corrected chi connectivity index (χ2v) is 9.20. The standard InChI is InChI=1S/C23H32N4O2/c1-23(2,3)27-21(19-8-9-19)14-20(25-27)22(28)24-15-17-4-6-18(7-5-17)16-26-10-12-29-13-11-26/h4-7,14,19H,8-13,15-16H2,1-3H3,(H,24,28). The summed E-state index contributed by atoms with van der Waals surface area (Å²) in [7, 11) is 0. The highest BCUT2D eigenvalue weighted by molar-refractivity contribution is 5.92. The lowest BCUT2D eigenvalue weighted by molar-refractivity contribution is 0.0342. The summed E-state index contributed by atoms with van der Waals surface area (Å²) in [5, 5.41) is 7.65. The summed E-state index contributed by atoms with van der Waals surface area (Å²) in [6, 6.07) is 10.5. The first-order chi connectivity index (χ1) is 13.9. The number of amides is 1. The van der Waals surface area contributed by atoms with E-state index in [9.17, 15) is 4.79 Å². The van der Waals surface area contributed by atoms with Crippen molar-refractivity contribution in [1.82, 2.24) is 20.0 Å². The van der Waals surface area contributed by atoms with E-state index in [2.05, 4.69) is 60.4 Å². The van der Waals surface area contributed by atoms with E-state index in [4.69, 9.17) is 4.74 Å². The molecule has 1 aliphatic heterocycles. The van der Waals surface area contributed by atoms with Gasteiger partial charge in [-0.3, -0.25) is 14.4 Å². The van der Waals surface area contributed by atoms with Gasteiger partial charge in [-0.15, -0.1) is 0 Å². The Labute approximate surface area is 173 Å². The van der Waals surface area contributed by atoms with E-state index < -0.39 is 0 Å². The largest absolute Gasteiger partial charge is 0.379 e. The number of carbonyl (C=O) groups is 1. The van der Waals surface area contributed by atoms with Gasteiger partial charge in [0.15, 0.2) is 0 Å². The van der Waals surface area contributed by atoms with Gasteiger partial charge < -0.3 is 10.1 Å². The monoisotopic (exact) mass is 396 g/mol. The number of carbonyl (C=O) groups excluding carboxylic acids is 1. The number of morpholine rings is 1. The number of benzene rings is 1. The summed E-state index contributed by atoms with van der Waals surface area (Å²) in [6.45, 7) is 11.5. The molecule has 2 aromatic rings. The molecule has 0 atom stereocenters. The summed E-state index contributed by atoms with van der Waals surface area (Å²) in [4.78, 5) is 15.1. The summed E-state index contributed by atoms with van der Waals surface area (Å²) in [6.07, 6.45) is 2.39. The van der Waals surface area contributed by atoms with Crippen LogP contribution < -0.4 is 5.32 Å². The Morgan fingerprint density at radius 1 is 1.14 bits per heavy atom. The molecule has 2 heterocycles. The number of nitrogens with zero attached hydrogens (tertiary/aromatic N) is 3. The Kier molecular flexibility index (Phi) is 5.74. The molecule has 0 bridgehead atoms. The first kappa shape index (κ1) is 20.1. The van der Waals surface area contributed by atoms with Crippen molar-refractivity contribution < 1.29 is 9.53 Å². The molecule has 1 aliphatic carbocycles. The predicted molar refractivity (Wildman–Crippen MR) is 113 cm³/mol. The quantitative estimate of drug-likeness (QED) is 0.814. The SMILES string of the molecule is CC(C)(C)n1nc(C(=O)NCc2ccc(CN3CCOCC3)cc2)cc1C1CC1. The molecular weight excluding hydrogens is 364 g/mol. The molecule has 0 spiro atoms. The number of nitrogens with one attached hydrogen (secondary N) is 1. The van der Waals surface area contributed by atoms with Gasteiger partial charge in [0, 0.05) is 37.8 Å². The van der Waals surface area contributed by atoms with Gasteiger partial charge in [0.1, 0.15) is 5.69 Å². The van der Waals surface area contributed by atoms with Crippen LogP contribution in [0.2, 0.25) is 0 Å². The molecule has 2 fully saturated rings. The first-order valence-electron chi connectivity index (χ1n) is 10.7. The average Bonchev–Trinajstić information content (AvgIpc) is 3.44. The summed E-state index contributed by atoms with van der Waals surface area (Å²) < 4.78 is 7.43. The highest BCUT2D eigenvalue weighted by Gasteiger charge is 2.32. The molecule has 1 amide bonds. The third-order valence-electron chi connectivity index (χ3n) is 5.59. The normalized spacial score (nSPS) is 18.0. The zero-order valence-corrected chi connectivity index (χ0v) is 17.8. The van der Waals surface area contributed by atoms with Crippen molar-refractivity contribution in [2.45, 2.75) is 58.2 Å². The van der Waals surface area contributed by atoms with E-state index in [-0.39, 0.29) is 11.4 Å². The molecule has 1 saturated carbocycles. The Balaban J connectivity index is 1.34. The molecule has 2 aliphatic rings. The average molecular weight is 397 g/mol. The van der Waals surface area contributed by atoms with Gasteiger partial charge in [-0.2, -0.15) is 5.10 Å². The highest BCUT2D eigenvalue weighted by Crippen LogP contribution is 2.41. The second kappa shape index (κ2) is 8.28. The maximum atomic E-state index is 12.7. The van der Waals surface area contributed by atoms with E-state index in [1.165, 1.54) is 24.1 Å². The Morgan fingerprint density at radius 2 is 1.79 bits per heavy atom. The smallest absolute Gasteiger partial charge is 0.272 e. The lowest BCUT2D eigenvalue weighted by Crippen LogP contribution is -2.35.